The highest BCUT2D eigenvalue weighted by atomic mass is 19.1. The molecule has 0 unspecified atom stereocenters. The topological polar surface area (TPSA) is 106 Å². The molecule has 0 radical (unpaired) electrons. The Morgan fingerprint density at radius 3 is 2.06 bits per heavy atom. The van der Waals surface area contributed by atoms with Gasteiger partial charge in [0, 0.05) is 36.7 Å². The molecular weight excluding hydrogens is 472 g/mol. The summed E-state index contributed by atoms with van der Waals surface area (Å²) in [4.78, 5) is 37.0. The number of ether oxygens (including phenoxy) is 2. The summed E-state index contributed by atoms with van der Waals surface area (Å²) in [6.45, 7) is 0.105. The molecule has 0 aliphatic heterocycles. The average molecular weight is 497 g/mol. The van der Waals surface area contributed by atoms with Crippen LogP contribution in [0.3, 0.4) is 0 Å². The number of carbonyl (C=O) groups is 3. The number of methoxy groups -OCH3 is 2. The van der Waals surface area contributed by atoms with E-state index in [-0.39, 0.29) is 36.8 Å². The first kappa shape index (κ1) is 26.1. The van der Waals surface area contributed by atoms with Crippen LogP contribution in [-0.4, -0.2) is 38.5 Å². The number of amides is 3. The molecule has 0 bridgehead atoms. The average Bonchev–Trinajstić information content (AvgIpc) is 2.87. The molecule has 0 spiro atoms. The molecule has 10 heteroatoms. The third kappa shape index (κ3) is 6.78. The third-order valence-corrected chi connectivity index (χ3v) is 5.12. The predicted molar refractivity (Wildman–Crippen MR) is 130 cm³/mol. The summed E-state index contributed by atoms with van der Waals surface area (Å²) in [5, 5.41) is 7.97. The molecule has 36 heavy (non-hydrogen) atoms. The maximum atomic E-state index is 13.7. The molecule has 0 saturated heterocycles. The van der Waals surface area contributed by atoms with Crippen molar-refractivity contribution < 1.29 is 32.6 Å². The van der Waals surface area contributed by atoms with Gasteiger partial charge in [0.25, 0.3) is 11.8 Å². The van der Waals surface area contributed by atoms with Crippen molar-refractivity contribution in [2.24, 2.45) is 0 Å². The molecule has 0 fully saturated rings. The quantitative estimate of drug-likeness (QED) is 0.361. The van der Waals surface area contributed by atoms with Crippen LogP contribution in [0.5, 0.6) is 11.5 Å². The van der Waals surface area contributed by atoms with Crippen LogP contribution in [0.4, 0.5) is 20.2 Å². The van der Waals surface area contributed by atoms with E-state index in [0.717, 1.165) is 12.1 Å². The van der Waals surface area contributed by atoms with E-state index in [1.165, 1.54) is 26.4 Å². The van der Waals surface area contributed by atoms with Gasteiger partial charge in [0.05, 0.1) is 31.2 Å². The lowest BCUT2D eigenvalue weighted by atomic mass is 10.2. The summed E-state index contributed by atoms with van der Waals surface area (Å²) in [5.74, 6) is -2.54. The second-order valence-electron chi connectivity index (χ2n) is 7.60. The number of benzene rings is 3. The smallest absolute Gasteiger partial charge is 0.255 e. The van der Waals surface area contributed by atoms with Gasteiger partial charge in [-0.25, -0.2) is 8.78 Å². The van der Waals surface area contributed by atoms with Crippen LogP contribution < -0.4 is 25.4 Å². The van der Waals surface area contributed by atoms with Crippen LogP contribution in [0.15, 0.2) is 60.7 Å². The fraction of sp³-hybridized carbons (Fsp3) is 0.192. The van der Waals surface area contributed by atoms with Gasteiger partial charge in [0.15, 0.2) is 0 Å². The van der Waals surface area contributed by atoms with E-state index >= 15 is 0 Å². The summed E-state index contributed by atoms with van der Waals surface area (Å²) in [6.07, 6.45) is 0.315. The number of hydrogen-bond acceptors (Lipinski definition) is 5. The number of anilines is 2. The molecule has 3 N–H and O–H groups in total. The lowest BCUT2D eigenvalue weighted by Crippen LogP contribution is -2.26. The van der Waals surface area contributed by atoms with Crippen LogP contribution in [0.25, 0.3) is 0 Å². The largest absolute Gasteiger partial charge is 0.494 e. The molecule has 3 aromatic rings. The van der Waals surface area contributed by atoms with Crippen molar-refractivity contribution in [2.75, 3.05) is 31.4 Å². The number of carbonyl (C=O) groups excluding carboxylic acids is 3. The Morgan fingerprint density at radius 2 is 1.44 bits per heavy atom. The molecule has 0 saturated carbocycles. The number of halogens is 2. The zero-order chi connectivity index (χ0) is 26.1. The van der Waals surface area contributed by atoms with Gasteiger partial charge >= 0.3 is 0 Å². The van der Waals surface area contributed by atoms with Gasteiger partial charge in [-0.3, -0.25) is 14.4 Å². The van der Waals surface area contributed by atoms with Gasteiger partial charge in [-0.1, -0.05) is 18.2 Å². The van der Waals surface area contributed by atoms with Crippen LogP contribution >= 0.6 is 0 Å². The van der Waals surface area contributed by atoms with Crippen molar-refractivity contribution in [2.45, 2.75) is 12.8 Å². The maximum Gasteiger partial charge on any atom is 0.255 e. The van der Waals surface area contributed by atoms with Gasteiger partial charge in [-0.05, 0) is 30.7 Å². The summed E-state index contributed by atoms with van der Waals surface area (Å²) in [6, 6.07) is 14.4. The Morgan fingerprint density at radius 1 is 0.806 bits per heavy atom. The van der Waals surface area contributed by atoms with Crippen molar-refractivity contribution in [1.82, 2.24) is 5.32 Å². The molecular formula is C26H25F2N3O5. The van der Waals surface area contributed by atoms with Gasteiger partial charge < -0.3 is 25.4 Å². The first-order chi connectivity index (χ1) is 17.3. The summed E-state index contributed by atoms with van der Waals surface area (Å²) < 4.78 is 37.4. The summed E-state index contributed by atoms with van der Waals surface area (Å²) in [5.41, 5.74) is 0.869. The van der Waals surface area contributed by atoms with E-state index < -0.39 is 17.5 Å². The monoisotopic (exact) mass is 497 g/mol. The number of rotatable bonds is 10. The van der Waals surface area contributed by atoms with Crippen molar-refractivity contribution in [3.63, 3.8) is 0 Å². The molecule has 0 heterocycles. The Hall–Kier alpha value is -4.47. The van der Waals surface area contributed by atoms with Crippen molar-refractivity contribution >= 4 is 29.1 Å². The normalized spacial score (nSPS) is 10.3. The minimum Gasteiger partial charge on any atom is -0.494 e. The first-order valence-corrected chi connectivity index (χ1v) is 11.0. The van der Waals surface area contributed by atoms with Crippen LogP contribution in [0.2, 0.25) is 0 Å². The molecule has 188 valence electrons. The summed E-state index contributed by atoms with van der Waals surface area (Å²) in [7, 11) is 2.85. The van der Waals surface area contributed by atoms with Crippen LogP contribution in [-0.2, 0) is 4.79 Å². The second-order valence-corrected chi connectivity index (χ2v) is 7.60. The molecule has 3 rings (SSSR count). The maximum absolute atomic E-state index is 13.7. The van der Waals surface area contributed by atoms with Gasteiger partial charge in [-0.15, -0.1) is 0 Å². The molecule has 3 aromatic carbocycles. The van der Waals surface area contributed by atoms with Crippen LogP contribution in [0.1, 0.15) is 33.6 Å². The number of nitrogens with one attached hydrogen (secondary N) is 3. The minimum absolute atomic E-state index is 0.0458. The van der Waals surface area contributed by atoms with Gasteiger partial charge in [-0.2, -0.15) is 0 Å². The van der Waals surface area contributed by atoms with E-state index in [1.807, 2.05) is 0 Å². The lowest BCUT2D eigenvalue weighted by Gasteiger charge is -2.16. The second kappa shape index (κ2) is 12.3. The van der Waals surface area contributed by atoms with E-state index in [9.17, 15) is 23.2 Å². The minimum atomic E-state index is -0.963. The van der Waals surface area contributed by atoms with E-state index in [2.05, 4.69) is 16.0 Å². The summed E-state index contributed by atoms with van der Waals surface area (Å²) >= 11 is 0. The number of hydrogen-bond donors (Lipinski definition) is 3. The van der Waals surface area contributed by atoms with Crippen LogP contribution in [0, 0.1) is 11.6 Å². The Bertz CT molecular complexity index is 1250. The lowest BCUT2D eigenvalue weighted by molar-refractivity contribution is -0.116. The standard InChI is InChI=1S/C26H25F2N3O5/c1-35-22-15-21(31-25(33)16-7-4-3-5-8-16)23(36-2)14-20(22)30-24(32)9-6-12-29-26(34)18-11-10-17(27)13-19(18)28/h3-5,7-8,10-11,13-15H,6,9,12H2,1-2H3,(H,29,34)(H,30,32)(H,31,33). The Kier molecular flexibility index (Phi) is 8.93. The highest BCUT2D eigenvalue weighted by Gasteiger charge is 2.17. The highest BCUT2D eigenvalue weighted by Crippen LogP contribution is 2.36. The van der Waals surface area contributed by atoms with E-state index in [0.29, 0.717) is 34.5 Å². The Balaban J connectivity index is 1.58. The third-order valence-electron chi connectivity index (χ3n) is 5.12. The molecule has 0 aliphatic rings. The fourth-order valence-electron chi connectivity index (χ4n) is 3.31. The van der Waals surface area contributed by atoms with Crippen molar-refractivity contribution in [3.05, 3.63) is 83.4 Å². The predicted octanol–water partition coefficient (Wildman–Crippen LogP) is 4.38. The molecule has 0 aliphatic carbocycles. The zero-order valence-electron chi connectivity index (χ0n) is 19.7. The molecule has 8 nitrogen and oxygen atoms in total. The SMILES string of the molecule is COc1cc(NC(=O)c2ccccc2)c(OC)cc1NC(=O)CCCNC(=O)c1ccc(F)cc1F. The van der Waals surface area contributed by atoms with Gasteiger partial charge in [0.2, 0.25) is 5.91 Å². The van der Waals surface area contributed by atoms with E-state index in [1.54, 1.807) is 30.3 Å². The molecule has 3 amide bonds. The first-order valence-electron chi connectivity index (χ1n) is 11.0. The van der Waals surface area contributed by atoms with E-state index in [4.69, 9.17) is 9.47 Å². The highest BCUT2D eigenvalue weighted by molar-refractivity contribution is 6.05. The van der Waals surface area contributed by atoms with Gasteiger partial charge in [0.1, 0.15) is 23.1 Å². The fourth-order valence-corrected chi connectivity index (χ4v) is 3.31. The zero-order valence-corrected chi connectivity index (χ0v) is 19.7. The molecule has 0 atom stereocenters. The van der Waals surface area contributed by atoms with Crippen molar-refractivity contribution in [3.8, 4) is 11.5 Å². The molecule has 0 aromatic heterocycles. The Labute approximate surface area is 206 Å². The van der Waals surface area contributed by atoms with Crippen molar-refractivity contribution in [1.29, 1.82) is 0 Å².